The van der Waals surface area contributed by atoms with Crippen molar-refractivity contribution in [1.82, 2.24) is 15.4 Å². The van der Waals surface area contributed by atoms with Gasteiger partial charge in [0.2, 0.25) is 5.91 Å². The Morgan fingerprint density at radius 1 is 1.03 bits per heavy atom. The molecule has 2 saturated heterocycles. The second-order valence-electron chi connectivity index (χ2n) is 11.8. The number of piperidine rings is 1. The summed E-state index contributed by atoms with van der Waals surface area (Å²) in [6.45, 7) is 11.4. The number of nitrogens with zero attached hydrogens (tertiary/aromatic N) is 3. The van der Waals surface area contributed by atoms with E-state index in [0.717, 1.165) is 61.7 Å². The van der Waals surface area contributed by atoms with Crippen LogP contribution in [0.1, 0.15) is 44.9 Å². The molecule has 2 aliphatic rings. The van der Waals surface area contributed by atoms with Crippen LogP contribution in [0.2, 0.25) is 0 Å². The topological polar surface area (TPSA) is 61.6 Å². The van der Waals surface area contributed by atoms with Crippen molar-refractivity contribution in [3.8, 4) is 11.3 Å². The van der Waals surface area contributed by atoms with Crippen molar-refractivity contribution < 1.29 is 13.7 Å². The minimum atomic E-state index is -0.226. The summed E-state index contributed by atoms with van der Waals surface area (Å²) in [5.74, 6) is 1.46. The SMILES string of the molecule is CC(C)(C)c1ccc(-c2cc(C[C@@H]3CNCC[C@H]3CC(=O)N3CCN(c4ccc(F)cc4)CC3)no2)cc1. The molecule has 6 nitrogen and oxygen atoms in total. The number of anilines is 1. The van der Waals surface area contributed by atoms with Crippen LogP contribution in [0.15, 0.2) is 59.1 Å². The van der Waals surface area contributed by atoms with Gasteiger partial charge >= 0.3 is 0 Å². The summed E-state index contributed by atoms with van der Waals surface area (Å²) in [5, 5.41) is 7.88. The lowest BCUT2D eigenvalue weighted by Gasteiger charge is -2.38. The van der Waals surface area contributed by atoms with Crippen LogP contribution in [0.4, 0.5) is 10.1 Å². The highest BCUT2D eigenvalue weighted by atomic mass is 19.1. The Bertz CT molecular complexity index is 1210. The normalized spacial score (nSPS) is 20.5. The van der Waals surface area contributed by atoms with Gasteiger partial charge in [-0.1, -0.05) is 50.2 Å². The summed E-state index contributed by atoms with van der Waals surface area (Å²) in [6.07, 6.45) is 2.36. The third-order valence-corrected chi connectivity index (χ3v) is 8.09. The Kier molecular flexibility index (Phi) is 7.84. The van der Waals surface area contributed by atoms with Gasteiger partial charge in [-0.3, -0.25) is 4.79 Å². The molecule has 202 valence electrons. The first-order chi connectivity index (χ1) is 18.3. The number of aromatic nitrogens is 1. The summed E-state index contributed by atoms with van der Waals surface area (Å²) in [4.78, 5) is 17.5. The molecule has 1 aromatic heterocycles. The van der Waals surface area contributed by atoms with E-state index in [1.165, 1.54) is 17.7 Å². The zero-order chi connectivity index (χ0) is 26.7. The highest BCUT2D eigenvalue weighted by Gasteiger charge is 2.31. The van der Waals surface area contributed by atoms with Crippen LogP contribution in [0.25, 0.3) is 11.3 Å². The quantitative estimate of drug-likeness (QED) is 0.481. The zero-order valence-electron chi connectivity index (χ0n) is 22.8. The van der Waals surface area contributed by atoms with Gasteiger partial charge in [-0.25, -0.2) is 4.39 Å². The number of amides is 1. The van der Waals surface area contributed by atoms with Gasteiger partial charge in [0, 0.05) is 49.9 Å². The molecule has 3 heterocycles. The van der Waals surface area contributed by atoms with E-state index < -0.39 is 0 Å². The highest BCUT2D eigenvalue weighted by molar-refractivity contribution is 5.77. The zero-order valence-corrected chi connectivity index (χ0v) is 22.8. The Morgan fingerprint density at radius 2 is 1.74 bits per heavy atom. The molecule has 0 aliphatic carbocycles. The fraction of sp³-hybridized carbons (Fsp3) is 0.484. The third-order valence-electron chi connectivity index (χ3n) is 8.09. The van der Waals surface area contributed by atoms with Crippen LogP contribution in [-0.4, -0.2) is 55.2 Å². The highest BCUT2D eigenvalue weighted by Crippen LogP contribution is 2.30. The lowest BCUT2D eigenvalue weighted by atomic mass is 9.81. The molecule has 2 fully saturated rings. The largest absolute Gasteiger partial charge is 0.368 e. The lowest BCUT2D eigenvalue weighted by molar-refractivity contribution is -0.133. The number of piperazine rings is 1. The van der Waals surface area contributed by atoms with Crippen molar-refractivity contribution in [2.45, 2.75) is 45.4 Å². The fourth-order valence-corrected chi connectivity index (χ4v) is 5.65. The Balaban J connectivity index is 1.16. The summed E-state index contributed by atoms with van der Waals surface area (Å²) in [7, 11) is 0. The molecule has 0 bridgehead atoms. The van der Waals surface area contributed by atoms with Crippen LogP contribution >= 0.6 is 0 Å². The number of rotatable bonds is 6. The summed E-state index contributed by atoms with van der Waals surface area (Å²) in [6, 6.07) is 17.2. The molecular formula is C31H39FN4O2. The minimum absolute atomic E-state index is 0.113. The van der Waals surface area contributed by atoms with Crippen molar-refractivity contribution in [3.05, 3.63) is 71.7 Å². The number of nitrogens with one attached hydrogen (secondary N) is 1. The molecule has 0 unspecified atom stereocenters. The molecule has 0 spiro atoms. The molecule has 2 aromatic carbocycles. The molecule has 2 atom stereocenters. The molecule has 7 heteroatoms. The number of halogens is 1. The molecule has 2 aliphatic heterocycles. The number of hydrogen-bond donors (Lipinski definition) is 1. The molecule has 1 N–H and O–H groups in total. The average molecular weight is 519 g/mol. The van der Waals surface area contributed by atoms with E-state index in [-0.39, 0.29) is 17.1 Å². The van der Waals surface area contributed by atoms with Gasteiger partial charge in [0.05, 0.1) is 5.69 Å². The Hall–Kier alpha value is -3.19. The van der Waals surface area contributed by atoms with Gasteiger partial charge in [0.25, 0.3) is 0 Å². The van der Waals surface area contributed by atoms with Gasteiger partial charge in [0.1, 0.15) is 5.82 Å². The van der Waals surface area contributed by atoms with Crippen LogP contribution < -0.4 is 10.2 Å². The van der Waals surface area contributed by atoms with Crippen molar-refractivity contribution in [2.24, 2.45) is 11.8 Å². The summed E-state index contributed by atoms with van der Waals surface area (Å²) >= 11 is 0. The molecule has 3 aromatic rings. The van der Waals surface area contributed by atoms with Gasteiger partial charge in [0.15, 0.2) is 5.76 Å². The van der Waals surface area contributed by atoms with Gasteiger partial charge in [-0.15, -0.1) is 0 Å². The maximum atomic E-state index is 13.3. The van der Waals surface area contributed by atoms with Gasteiger partial charge in [-0.2, -0.15) is 0 Å². The number of hydrogen-bond acceptors (Lipinski definition) is 5. The molecular weight excluding hydrogens is 479 g/mol. The van der Waals surface area contributed by atoms with Gasteiger partial charge < -0.3 is 19.6 Å². The number of carbonyl (C=O) groups excluding carboxylic acids is 1. The van der Waals surface area contributed by atoms with E-state index in [1.807, 2.05) is 23.1 Å². The third kappa shape index (κ3) is 6.26. The van der Waals surface area contributed by atoms with Crippen molar-refractivity contribution in [1.29, 1.82) is 0 Å². The van der Waals surface area contributed by atoms with Crippen LogP contribution in [0.3, 0.4) is 0 Å². The Morgan fingerprint density at radius 3 is 2.42 bits per heavy atom. The van der Waals surface area contributed by atoms with E-state index in [1.54, 1.807) is 0 Å². The molecule has 0 saturated carbocycles. The van der Waals surface area contributed by atoms with E-state index >= 15 is 0 Å². The smallest absolute Gasteiger partial charge is 0.222 e. The van der Waals surface area contributed by atoms with E-state index in [9.17, 15) is 9.18 Å². The Labute approximate surface area is 225 Å². The molecule has 38 heavy (non-hydrogen) atoms. The van der Waals surface area contributed by atoms with Crippen molar-refractivity contribution >= 4 is 11.6 Å². The monoisotopic (exact) mass is 518 g/mol. The van der Waals surface area contributed by atoms with Crippen LogP contribution in [0, 0.1) is 17.7 Å². The predicted octanol–water partition coefficient (Wildman–Crippen LogP) is 5.29. The standard InChI is InChI=1S/C31H39FN4O2/c1-31(2,3)25-6-4-22(5-7-25)29-20-27(34-38-29)18-24-21-33-13-12-23(24)19-30(37)36-16-14-35(15-17-36)28-10-8-26(32)9-11-28/h4-11,20,23-24,33H,12-19,21H2,1-3H3/t23-,24+/m0/s1. The predicted molar refractivity (Wildman–Crippen MR) is 149 cm³/mol. The fourth-order valence-electron chi connectivity index (χ4n) is 5.65. The first-order valence-corrected chi connectivity index (χ1v) is 13.8. The summed E-state index contributed by atoms with van der Waals surface area (Å²) in [5.41, 5.74) is 4.39. The lowest BCUT2D eigenvalue weighted by Crippen LogP contribution is -2.50. The molecule has 0 radical (unpaired) electrons. The van der Waals surface area contributed by atoms with Crippen LogP contribution in [0.5, 0.6) is 0 Å². The maximum absolute atomic E-state index is 13.3. The summed E-state index contributed by atoms with van der Waals surface area (Å²) < 4.78 is 19.0. The number of carbonyl (C=O) groups is 1. The molecule has 5 rings (SSSR count). The van der Waals surface area contributed by atoms with E-state index in [0.29, 0.717) is 31.3 Å². The second-order valence-corrected chi connectivity index (χ2v) is 11.8. The van der Waals surface area contributed by atoms with Crippen molar-refractivity contribution in [3.63, 3.8) is 0 Å². The average Bonchev–Trinajstić information content (AvgIpc) is 3.38. The van der Waals surface area contributed by atoms with Crippen molar-refractivity contribution in [2.75, 3.05) is 44.2 Å². The van der Waals surface area contributed by atoms with Crippen LogP contribution in [-0.2, 0) is 16.6 Å². The van der Waals surface area contributed by atoms with E-state index in [4.69, 9.17) is 4.52 Å². The van der Waals surface area contributed by atoms with Gasteiger partial charge in [-0.05, 0) is 73.0 Å². The minimum Gasteiger partial charge on any atom is -0.368 e. The maximum Gasteiger partial charge on any atom is 0.222 e. The number of benzene rings is 2. The first kappa shape index (κ1) is 26.4. The van der Waals surface area contributed by atoms with E-state index in [2.05, 4.69) is 60.4 Å². The molecule has 1 amide bonds. The second kappa shape index (κ2) is 11.3. The first-order valence-electron chi connectivity index (χ1n) is 13.8.